The van der Waals surface area contributed by atoms with Gasteiger partial charge in [0.2, 0.25) is 0 Å². The second-order valence-corrected chi connectivity index (χ2v) is 8.33. The Hall–Kier alpha value is -1.69. The number of fused-ring (bicyclic) bond motifs is 2. The molecule has 6 heteroatoms. The van der Waals surface area contributed by atoms with Crippen LogP contribution in [-0.4, -0.2) is 41.1 Å². The van der Waals surface area contributed by atoms with Gasteiger partial charge >= 0.3 is 0 Å². The van der Waals surface area contributed by atoms with Crippen LogP contribution in [0.2, 0.25) is 0 Å². The molecule has 0 spiro atoms. The Morgan fingerprint density at radius 3 is 2.50 bits per heavy atom. The lowest BCUT2D eigenvalue weighted by Crippen LogP contribution is -2.52. The lowest BCUT2D eigenvalue weighted by Gasteiger charge is -2.36. The van der Waals surface area contributed by atoms with Gasteiger partial charge in [0, 0.05) is 25.2 Å². The zero-order valence-corrected chi connectivity index (χ0v) is 15.7. The number of nitrogens with zero attached hydrogens (tertiary/aromatic N) is 1. The van der Waals surface area contributed by atoms with Crippen molar-refractivity contribution in [2.45, 2.75) is 50.6 Å². The third-order valence-electron chi connectivity index (χ3n) is 6.28. The smallest absolute Gasteiger partial charge is 0.254 e. The molecule has 1 saturated heterocycles. The van der Waals surface area contributed by atoms with Crippen molar-refractivity contribution < 1.29 is 9.18 Å². The Morgan fingerprint density at radius 2 is 1.85 bits per heavy atom. The zero-order valence-electron chi connectivity index (χ0n) is 14.9. The first-order valence-electron chi connectivity index (χ1n) is 9.71. The van der Waals surface area contributed by atoms with Crippen LogP contribution in [0.15, 0.2) is 24.3 Å². The van der Waals surface area contributed by atoms with E-state index < -0.39 is 5.82 Å². The molecule has 3 atom stereocenters. The van der Waals surface area contributed by atoms with E-state index in [0.29, 0.717) is 6.04 Å². The molecule has 140 valence electrons. The maximum atomic E-state index is 13.7. The van der Waals surface area contributed by atoms with Crippen molar-refractivity contribution in [2.75, 3.05) is 13.1 Å². The number of hydrogen-bond donors (Lipinski definition) is 2. The van der Waals surface area contributed by atoms with E-state index in [1.54, 1.807) is 12.1 Å². The van der Waals surface area contributed by atoms with Gasteiger partial charge in [0.15, 0.2) is 5.11 Å². The van der Waals surface area contributed by atoms with Crippen LogP contribution in [0, 0.1) is 17.7 Å². The largest absolute Gasteiger partial charge is 0.360 e. The molecule has 0 radical (unpaired) electrons. The fraction of sp³-hybridized carbons (Fsp3) is 0.600. The number of benzene rings is 1. The van der Waals surface area contributed by atoms with Crippen molar-refractivity contribution in [3.05, 3.63) is 35.6 Å². The monoisotopic (exact) mass is 375 g/mol. The molecule has 2 N–H and O–H groups in total. The van der Waals surface area contributed by atoms with Crippen LogP contribution in [0.1, 0.15) is 48.9 Å². The first kappa shape index (κ1) is 17.7. The molecule has 1 amide bonds. The average Bonchev–Trinajstić information content (AvgIpc) is 3.25. The molecule has 0 aromatic heterocycles. The molecule has 4 nitrogen and oxygen atoms in total. The van der Waals surface area contributed by atoms with Crippen molar-refractivity contribution in [3.8, 4) is 0 Å². The molecule has 1 heterocycles. The predicted octanol–water partition coefficient (Wildman–Crippen LogP) is 3.08. The third kappa shape index (κ3) is 3.70. The van der Waals surface area contributed by atoms with Crippen LogP contribution in [-0.2, 0) is 0 Å². The number of nitrogens with one attached hydrogen (secondary N) is 2. The van der Waals surface area contributed by atoms with Crippen molar-refractivity contribution >= 4 is 23.2 Å². The van der Waals surface area contributed by atoms with Crippen molar-refractivity contribution in [3.63, 3.8) is 0 Å². The summed E-state index contributed by atoms with van der Waals surface area (Å²) in [6.07, 6.45) is 7.03. The van der Waals surface area contributed by atoms with Crippen molar-refractivity contribution in [1.29, 1.82) is 0 Å². The number of amides is 1. The van der Waals surface area contributed by atoms with Gasteiger partial charge in [0.05, 0.1) is 5.56 Å². The highest BCUT2D eigenvalue weighted by molar-refractivity contribution is 7.80. The number of likely N-dealkylation sites (tertiary alicyclic amines) is 1. The number of rotatable bonds is 3. The lowest BCUT2D eigenvalue weighted by atomic mass is 9.95. The Bertz CT molecular complexity index is 689. The number of carbonyl (C=O) groups is 1. The Labute approximate surface area is 159 Å². The SMILES string of the molecule is O=C(NC1CCN(C(=S)N[C@@H]2C[C@H]3CC[C@H]2C3)CC1)c1ccccc1F. The van der Waals surface area contributed by atoms with Crippen molar-refractivity contribution in [2.24, 2.45) is 11.8 Å². The molecule has 0 unspecified atom stereocenters. The van der Waals surface area contributed by atoms with Gasteiger partial charge in [-0.3, -0.25) is 4.79 Å². The van der Waals surface area contributed by atoms with E-state index in [2.05, 4.69) is 15.5 Å². The van der Waals surface area contributed by atoms with E-state index in [-0.39, 0.29) is 17.5 Å². The Balaban J connectivity index is 1.24. The molecule has 4 rings (SSSR count). The average molecular weight is 376 g/mol. The van der Waals surface area contributed by atoms with Crippen LogP contribution >= 0.6 is 12.2 Å². The standard InChI is InChI=1S/C20H26FN3OS/c21-17-4-2-1-3-16(17)19(25)22-15-7-9-24(10-8-15)20(26)23-18-12-13-5-6-14(18)11-13/h1-4,13-15,18H,5-12H2,(H,22,25)(H,23,26)/t13-,14-,18+/m0/s1. The second kappa shape index (κ2) is 7.51. The van der Waals surface area contributed by atoms with Crippen LogP contribution in [0.3, 0.4) is 0 Å². The van der Waals surface area contributed by atoms with Crippen molar-refractivity contribution in [1.82, 2.24) is 15.5 Å². The van der Waals surface area contributed by atoms with E-state index in [4.69, 9.17) is 12.2 Å². The quantitative estimate of drug-likeness (QED) is 0.797. The molecule has 1 aromatic carbocycles. The highest BCUT2D eigenvalue weighted by Crippen LogP contribution is 2.44. The summed E-state index contributed by atoms with van der Waals surface area (Å²) < 4.78 is 13.7. The molecule has 1 aliphatic heterocycles. The van der Waals surface area contributed by atoms with E-state index in [1.165, 1.54) is 37.8 Å². The molecule has 3 aliphatic rings. The highest BCUT2D eigenvalue weighted by atomic mass is 32.1. The fourth-order valence-corrected chi connectivity index (χ4v) is 5.14. The summed E-state index contributed by atoms with van der Waals surface area (Å²) >= 11 is 5.62. The molecule has 3 fully saturated rings. The molecule has 2 bridgehead atoms. The summed E-state index contributed by atoms with van der Waals surface area (Å²) in [5.74, 6) is 0.901. The first-order valence-corrected chi connectivity index (χ1v) is 10.1. The van der Waals surface area contributed by atoms with Gasteiger partial charge in [-0.1, -0.05) is 18.6 Å². The van der Waals surface area contributed by atoms with Crippen LogP contribution in [0.5, 0.6) is 0 Å². The van der Waals surface area contributed by atoms with Gasteiger partial charge < -0.3 is 15.5 Å². The Kier molecular flexibility index (Phi) is 5.11. The number of piperidine rings is 1. The molecular formula is C20H26FN3OS. The third-order valence-corrected chi connectivity index (χ3v) is 6.66. The van der Waals surface area contributed by atoms with Gasteiger partial charge in [0.1, 0.15) is 5.82 Å². The molecule has 1 aromatic rings. The van der Waals surface area contributed by atoms with E-state index >= 15 is 0 Å². The number of hydrogen-bond acceptors (Lipinski definition) is 2. The Morgan fingerprint density at radius 1 is 1.08 bits per heavy atom. The number of thiocarbonyl (C=S) groups is 1. The fourth-order valence-electron chi connectivity index (χ4n) is 4.81. The number of carbonyl (C=O) groups excluding carboxylic acids is 1. The zero-order chi connectivity index (χ0) is 18.1. The van der Waals surface area contributed by atoms with E-state index in [9.17, 15) is 9.18 Å². The summed E-state index contributed by atoms with van der Waals surface area (Å²) in [6, 6.07) is 6.74. The summed E-state index contributed by atoms with van der Waals surface area (Å²) in [6.45, 7) is 1.66. The summed E-state index contributed by atoms with van der Waals surface area (Å²) in [4.78, 5) is 14.5. The molecule has 26 heavy (non-hydrogen) atoms. The summed E-state index contributed by atoms with van der Waals surface area (Å²) in [7, 11) is 0. The van der Waals surface area contributed by atoms with Gasteiger partial charge in [-0.15, -0.1) is 0 Å². The molecular weight excluding hydrogens is 349 g/mol. The number of halogens is 1. The molecule has 2 aliphatic carbocycles. The topological polar surface area (TPSA) is 44.4 Å². The van der Waals surface area contributed by atoms with E-state index in [0.717, 1.165) is 42.9 Å². The first-order chi connectivity index (χ1) is 12.6. The maximum Gasteiger partial charge on any atom is 0.254 e. The second-order valence-electron chi connectivity index (χ2n) is 7.95. The van der Waals surface area contributed by atoms with E-state index in [1.807, 2.05) is 0 Å². The van der Waals surface area contributed by atoms with Crippen LogP contribution in [0.4, 0.5) is 4.39 Å². The van der Waals surface area contributed by atoms with Gasteiger partial charge in [-0.2, -0.15) is 0 Å². The van der Waals surface area contributed by atoms with Gasteiger partial charge in [-0.25, -0.2) is 4.39 Å². The minimum absolute atomic E-state index is 0.0728. The normalized spacial score (nSPS) is 28.2. The van der Waals surface area contributed by atoms with Crippen LogP contribution < -0.4 is 10.6 Å². The van der Waals surface area contributed by atoms with Crippen LogP contribution in [0.25, 0.3) is 0 Å². The molecule has 2 saturated carbocycles. The minimum atomic E-state index is -0.473. The highest BCUT2D eigenvalue weighted by Gasteiger charge is 2.40. The minimum Gasteiger partial charge on any atom is -0.360 e. The lowest BCUT2D eigenvalue weighted by molar-refractivity contribution is 0.0918. The summed E-state index contributed by atoms with van der Waals surface area (Å²) in [5, 5.41) is 7.41. The van der Waals surface area contributed by atoms with Gasteiger partial charge in [-0.05, 0) is 68.3 Å². The summed E-state index contributed by atoms with van der Waals surface area (Å²) in [5.41, 5.74) is 0.114. The van der Waals surface area contributed by atoms with Gasteiger partial charge in [0.25, 0.3) is 5.91 Å². The predicted molar refractivity (Wildman–Crippen MR) is 103 cm³/mol. The maximum absolute atomic E-state index is 13.7.